The Bertz CT molecular complexity index is 816. The number of carboxylic acids is 1. The molecule has 28 heavy (non-hydrogen) atoms. The summed E-state index contributed by atoms with van der Waals surface area (Å²) >= 11 is 0. The summed E-state index contributed by atoms with van der Waals surface area (Å²) in [4.78, 5) is 25.4. The molecular weight excluding hydrogens is 354 g/mol. The van der Waals surface area contributed by atoms with E-state index >= 15 is 0 Å². The van der Waals surface area contributed by atoms with E-state index in [1.807, 2.05) is 38.1 Å². The molecule has 2 aromatic carbocycles. The molecule has 0 fully saturated rings. The maximum Gasteiger partial charge on any atom is 0.410 e. The van der Waals surface area contributed by atoms with Crippen LogP contribution in [-0.4, -0.2) is 41.8 Å². The van der Waals surface area contributed by atoms with Crippen molar-refractivity contribution in [2.45, 2.75) is 38.6 Å². The zero-order chi connectivity index (χ0) is 20.3. The average Bonchev–Trinajstić information content (AvgIpc) is 2.99. The lowest BCUT2D eigenvalue weighted by molar-refractivity contribution is -0.142. The van der Waals surface area contributed by atoms with E-state index in [1.165, 1.54) is 11.9 Å². The molecule has 3 rings (SSSR count). The first-order valence-corrected chi connectivity index (χ1v) is 9.70. The molecule has 1 unspecified atom stereocenters. The molecular formula is C23H27NO4. The minimum atomic E-state index is -1.00. The number of amides is 1. The second kappa shape index (κ2) is 8.46. The van der Waals surface area contributed by atoms with Crippen molar-refractivity contribution in [3.63, 3.8) is 0 Å². The second-order valence-electron chi connectivity index (χ2n) is 7.74. The molecule has 1 atom stereocenters. The van der Waals surface area contributed by atoms with Crippen LogP contribution >= 0.6 is 0 Å². The van der Waals surface area contributed by atoms with Crippen LogP contribution in [0.1, 0.15) is 43.7 Å². The standard InChI is InChI=1S/C23H27NO4/c1-15(2)12-13-21(22(25)26)24(3)23(27)28-14-20-18-10-6-4-8-16(18)17-9-5-7-11-19(17)20/h4-11,15,20-21H,12-14H2,1-3H3,(H,25,26). The summed E-state index contributed by atoms with van der Waals surface area (Å²) in [7, 11) is 1.50. The molecule has 1 N–H and O–H groups in total. The van der Waals surface area contributed by atoms with E-state index < -0.39 is 18.1 Å². The first-order chi connectivity index (χ1) is 13.4. The van der Waals surface area contributed by atoms with Gasteiger partial charge in [0.2, 0.25) is 0 Å². The molecule has 2 aromatic rings. The van der Waals surface area contributed by atoms with Crippen molar-refractivity contribution in [1.82, 2.24) is 4.90 Å². The van der Waals surface area contributed by atoms with Gasteiger partial charge in [-0.1, -0.05) is 62.4 Å². The van der Waals surface area contributed by atoms with E-state index in [0.717, 1.165) is 28.7 Å². The molecule has 0 bridgehead atoms. The fourth-order valence-electron chi connectivity index (χ4n) is 3.80. The number of nitrogens with zero attached hydrogens (tertiary/aromatic N) is 1. The Morgan fingerprint density at radius 2 is 1.54 bits per heavy atom. The monoisotopic (exact) mass is 381 g/mol. The van der Waals surface area contributed by atoms with Crippen molar-refractivity contribution in [3.05, 3.63) is 59.7 Å². The summed E-state index contributed by atoms with van der Waals surface area (Å²) < 4.78 is 5.56. The van der Waals surface area contributed by atoms with Gasteiger partial charge in [-0.05, 0) is 41.0 Å². The number of ether oxygens (including phenoxy) is 1. The second-order valence-corrected chi connectivity index (χ2v) is 7.74. The number of hydrogen-bond donors (Lipinski definition) is 1. The Morgan fingerprint density at radius 1 is 1.00 bits per heavy atom. The maximum absolute atomic E-state index is 12.6. The van der Waals surface area contributed by atoms with E-state index in [9.17, 15) is 14.7 Å². The number of carbonyl (C=O) groups excluding carboxylic acids is 1. The summed E-state index contributed by atoms with van der Waals surface area (Å²) in [5.74, 6) is -0.668. The van der Waals surface area contributed by atoms with Gasteiger partial charge in [0, 0.05) is 13.0 Å². The fraction of sp³-hybridized carbons (Fsp3) is 0.391. The number of aliphatic carboxylic acids is 1. The Balaban J connectivity index is 1.71. The summed E-state index contributed by atoms with van der Waals surface area (Å²) in [6, 6.07) is 15.4. The van der Waals surface area contributed by atoms with Gasteiger partial charge in [0.05, 0.1) is 0 Å². The third kappa shape index (κ3) is 4.03. The highest BCUT2D eigenvalue weighted by Gasteiger charge is 2.31. The lowest BCUT2D eigenvalue weighted by Crippen LogP contribution is -2.43. The predicted octanol–water partition coefficient (Wildman–Crippen LogP) is 4.76. The molecule has 0 aliphatic heterocycles. The number of carboxylic acid groups (broad SMARTS) is 1. The predicted molar refractivity (Wildman–Crippen MR) is 108 cm³/mol. The molecule has 5 nitrogen and oxygen atoms in total. The zero-order valence-electron chi connectivity index (χ0n) is 16.6. The Hall–Kier alpha value is -2.82. The third-order valence-corrected chi connectivity index (χ3v) is 5.39. The topological polar surface area (TPSA) is 66.8 Å². The molecule has 0 radical (unpaired) electrons. The normalized spacial score (nSPS) is 13.7. The van der Waals surface area contributed by atoms with Gasteiger partial charge in [0.15, 0.2) is 0 Å². The average molecular weight is 381 g/mol. The van der Waals surface area contributed by atoms with Crippen molar-refractivity contribution < 1.29 is 19.4 Å². The summed E-state index contributed by atoms with van der Waals surface area (Å²) in [6.45, 7) is 4.26. The smallest absolute Gasteiger partial charge is 0.410 e. The van der Waals surface area contributed by atoms with E-state index in [4.69, 9.17) is 4.74 Å². The molecule has 0 saturated heterocycles. The summed E-state index contributed by atoms with van der Waals surface area (Å²) in [6.07, 6.45) is 0.545. The Labute approximate surface area is 165 Å². The minimum Gasteiger partial charge on any atom is -0.480 e. The van der Waals surface area contributed by atoms with Gasteiger partial charge in [-0.3, -0.25) is 4.90 Å². The molecule has 0 spiro atoms. The molecule has 1 aliphatic carbocycles. The number of hydrogen-bond acceptors (Lipinski definition) is 3. The van der Waals surface area contributed by atoms with E-state index in [1.54, 1.807) is 0 Å². The van der Waals surface area contributed by atoms with Gasteiger partial charge >= 0.3 is 12.1 Å². The van der Waals surface area contributed by atoms with Crippen LogP contribution in [-0.2, 0) is 9.53 Å². The number of rotatable bonds is 7. The summed E-state index contributed by atoms with van der Waals surface area (Å²) in [5, 5.41) is 9.50. The quantitative estimate of drug-likeness (QED) is 0.751. The number of carbonyl (C=O) groups is 2. The highest BCUT2D eigenvalue weighted by atomic mass is 16.6. The minimum absolute atomic E-state index is 0.0382. The number of benzene rings is 2. The molecule has 1 amide bonds. The van der Waals surface area contributed by atoms with Gasteiger partial charge in [0.1, 0.15) is 12.6 Å². The van der Waals surface area contributed by atoms with Crippen molar-refractivity contribution in [1.29, 1.82) is 0 Å². The van der Waals surface area contributed by atoms with Crippen molar-refractivity contribution >= 4 is 12.1 Å². The van der Waals surface area contributed by atoms with Crippen LogP contribution in [0.3, 0.4) is 0 Å². The zero-order valence-corrected chi connectivity index (χ0v) is 16.6. The van der Waals surface area contributed by atoms with Crippen LogP contribution in [0.5, 0.6) is 0 Å². The first kappa shape index (κ1) is 19.9. The SMILES string of the molecule is CC(C)CCC(C(=O)O)N(C)C(=O)OCC1c2ccccc2-c2ccccc21. The van der Waals surface area contributed by atoms with Crippen LogP contribution in [0.25, 0.3) is 11.1 Å². The fourth-order valence-corrected chi connectivity index (χ4v) is 3.80. The first-order valence-electron chi connectivity index (χ1n) is 9.70. The lowest BCUT2D eigenvalue weighted by atomic mass is 9.98. The largest absolute Gasteiger partial charge is 0.480 e. The summed E-state index contributed by atoms with van der Waals surface area (Å²) in [5.41, 5.74) is 4.59. The molecule has 1 aliphatic rings. The highest BCUT2D eigenvalue weighted by molar-refractivity contribution is 5.81. The van der Waals surface area contributed by atoms with Crippen molar-refractivity contribution in [3.8, 4) is 11.1 Å². The van der Waals surface area contributed by atoms with Crippen molar-refractivity contribution in [2.75, 3.05) is 13.7 Å². The molecule has 148 valence electrons. The third-order valence-electron chi connectivity index (χ3n) is 5.39. The van der Waals surface area contributed by atoms with Crippen LogP contribution in [0, 0.1) is 5.92 Å². The number of fused-ring (bicyclic) bond motifs is 3. The van der Waals surface area contributed by atoms with E-state index in [-0.39, 0.29) is 12.5 Å². The van der Waals surface area contributed by atoms with E-state index in [2.05, 4.69) is 24.3 Å². The molecule has 0 saturated carbocycles. The Kier molecular flexibility index (Phi) is 6.02. The maximum atomic E-state index is 12.6. The van der Waals surface area contributed by atoms with Gasteiger partial charge in [-0.15, -0.1) is 0 Å². The van der Waals surface area contributed by atoms with E-state index in [0.29, 0.717) is 12.3 Å². The van der Waals surface area contributed by atoms with Gasteiger partial charge < -0.3 is 9.84 Å². The van der Waals surface area contributed by atoms with Crippen LogP contribution in [0.4, 0.5) is 4.79 Å². The van der Waals surface area contributed by atoms with Gasteiger partial charge in [0.25, 0.3) is 0 Å². The highest BCUT2D eigenvalue weighted by Crippen LogP contribution is 2.44. The van der Waals surface area contributed by atoms with Crippen LogP contribution in [0.2, 0.25) is 0 Å². The molecule has 0 aromatic heterocycles. The van der Waals surface area contributed by atoms with Crippen LogP contribution < -0.4 is 0 Å². The number of likely N-dealkylation sites (N-methyl/N-ethyl adjacent to an activating group) is 1. The van der Waals surface area contributed by atoms with Gasteiger partial charge in [-0.2, -0.15) is 0 Å². The van der Waals surface area contributed by atoms with Crippen LogP contribution in [0.15, 0.2) is 48.5 Å². The Morgan fingerprint density at radius 3 is 2.04 bits per heavy atom. The lowest BCUT2D eigenvalue weighted by Gasteiger charge is -2.25. The van der Waals surface area contributed by atoms with Gasteiger partial charge in [-0.25, -0.2) is 9.59 Å². The van der Waals surface area contributed by atoms with Crippen molar-refractivity contribution in [2.24, 2.45) is 5.92 Å². The molecule has 5 heteroatoms. The molecule has 0 heterocycles.